The van der Waals surface area contributed by atoms with E-state index in [-0.39, 0.29) is 5.56 Å². The molecule has 2 aromatic carbocycles. The van der Waals surface area contributed by atoms with Crippen molar-refractivity contribution in [3.63, 3.8) is 0 Å². The Labute approximate surface area is 143 Å². The van der Waals surface area contributed by atoms with Crippen LogP contribution >= 0.6 is 0 Å². The van der Waals surface area contributed by atoms with Gasteiger partial charge in [-0.15, -0.1) is 0 Å². The van der Waals surface area contributed by atoms with E-state index in [0.717, 1.165) is 29.4 Å². The standard InChI is InChI=1S/C21H24N2O/c1-15-13-18-10-9-17(14-20(18)22-21(15)24)19(11-12-23(2)3)16-7-5-4-6-8-16/h4-10,13-14,19H,11-12H2,1-3H3,(H,22,24). The average molecular weight is 320 g/mol. The Hall–Kier alpha value is -2.39. The molecule has 0 aliphatic rings. The number of H-pyrrole nitrogens is 1. The second kappa shape index (κ2) is 7.02. The van der Waals surface area contributed by atoms with Gasteiger partial charge in [0.15, 0.2) is 0 Å². The molecule has 24 heavy (non-hydrogen) atoms. The number of aromatic nitrogens is 1. The number of nitrogens with one attached hydrogen (secondary N) is 1. The van der Waals surface area contributed by atoms with Gasteiger partial charge in [-0.25, -0.2) is 0 Å². The molecule has 1 N–H and O–H groups in total. The van der Waals surface area contributed by atoms with Crippen molar-refractivity contribution in [1.29, 1.82) is 0 Å². The first-order valence-electron chi connectivity index (χ1n) is 8.38. The van der Waals surface area contributed by atoms with Gasteiger partial charge in [0.05, 0.1) is 0 Å². The maximum Gasteiger partial charge on any atom is 0.251 e. The molecule has 3 rings (SSSR count). The van der Waals surface area contributed by atoms with Crippen molar-refractivity contribution in [3.05, 3.63) is 81.6 Å². The molecule has 3 aromatic rings. The smallest absolute Gasteiger partial charge is 0.251 e. The van der Waals surface area contributed by atoms with Crippen molar-refractivity contribution in [2.24, 2.45) is 0 Å². The summed E-state index contributed by atoms with van der Waals surface area (Å²) in [7, 11) is 4.20. The summed E-state index contributed by atoms with van der Waals surface area (Å²) in [4.78, 5) is 17.2. The van der Waals surface area contributed by atoms with Gasteiger partial charge in [0.2, 0.25) is 0 Å². The van der Waals surface area contributed by atoms with Crippen LogP contribution in [0.1, 0.15) is 29.0 Å². The molecule has 0 spiro atoms. The number of pyridine rings is 1. The van der Waals surface area contributed by atoms with Gasteiger partial charge in [0.1, 0.15) is 0 Å². The van der Waals surface area contributed by atoms with E-state index >= 15 is 0 Å². The first-order chi connectivity index (χ1) is 11.5. The molecule has 1 aromatic heterocycles. The number of hydrogen-bond donors (Lipinski definition) is 1. The highest BCUT2D eigenvalue weighted by atomic mass is 16.1. The summed E-state index contributed by atoms with van der Waals surface area (Å²) in [5, 5.41) is 1.08. The summed E-state index contributed by atoms with van der Waals surface area (Å²) in [6.45, 7) is 2.86. The van der Waals surface area contributed by atoms with E-state index in [1.165, 1.54) is 11.1 Å². The largest absolute Gasteiger partial charge is 0.322 e. The van der Waals surface area contributed by atoms with Crippen molar-refractivity contribution < 1.29 is 0 Å². The number of aryl methyl sites for hydroxylation is 1. The van der Waals surface area contributed by atoms with Gasteiger partial charge in [0, 0.05) is 17.0 Å². The normalized spacial score (nSPS) is 12.7. The first-order valence-corrected chi connectivity index (χ1v) is 8.38. The van der Waals surface area contributed by atoms with Crippen LogP contribution in [-0.2, 0) is 0 Å². The zero-order chi connectivity index (χ0) is 17.1. The van der Waals surface area contributed by atoms with E-state index < -0.39 is 0 Å². The fourth-order valence-electron chi connectivity index (χ4n) is 3.14. The molecule has 1 heterocycles. The maximum absolute atomic E-state index is 11.9. The molecule has 3 heteroatoms. The molecule has 124 valence electrons. The first kappa shape index (κ1) is 16.5. The number of nitrogens with zero attached hydrogens (tertiary/aromatic N) is 1. The summed E-state index contributed by atoms with van der Waals surface area (Å²) in [6.07, 6.45) is 1.04. The van der Waals surface area contributed by atoms with Crippen molar-refractivity contribution in [3.8, 4) is 0 Å². The summed E-state index contributed by atoms with van der Waals surface area (Å²) < 4.78 is 0. The molecule has 0 saturated heterocycles. The fraction of sp³-hybridized carbons (Fsp3) is 0.286. The number of rotatable bonds is 5. The van der Waals surface area contributed by atoms with Crippen molar-refractivity contribution in [2.45, 2.75) is 19.3 Å². The van der Waals surface area contributed by atoms with Crippen molar-refractivity contribution in [1.82, 2.24) is 9.88 Å². The van der Waals surface area contributed by atoms with Crippen LogP contribution in [-0.4, -0.2) is 30.5 Å². The lowest BCUT2D eigenvalue weighted by Crippen LogP contribution is -2.16. The molecule has 0 amide bonds. The third-order valence-electron chi connectivity index (χ3n) is 4.53. The van der Waals surface area contributed by atoms with Crippen LogP contribution in [0.2, 0.25) is 0 Å². The van der Waals surface area contributed by atoms with E-state index in [2.05, 4.69) is 66.4 Å². The molecule has 1 unspecified atom stereocenters. The van der Waals surface area contributed by atoms with Crippen LogP contribution < -0.4 is 5.56 Å². The van der Waals surface area contributed by atoms with Crippen LogP contribution in [0.5, 0.6) is 0 Å². The molecule has 0 saturated carbocycles. The number of fused-ring (bicyclic) bond motifs is 1. The van der Waals surface area contributed by atoms with Crippen molar-refractivity contribution >= 4 is 10.9 Å². The molecule has 0 bridgehead atoms. The fourth-order valence-corrected chi connectivity index (χ4v) is 3.14. The van der Waals surface area contributed by atoms with E-state index in [9.17, 15) is 4.79 Å². The van der Waals surface area contributed by atoms with Gasteiger partial charge in [-0.2, -0.15) is 0 Å². The van der Waals surface area contributed by atoms with Crippen LogP contribution in [0.25, 0.3) is 10.9 Å². The molecule has 1 atom stereocenters. The molecule has 3 nitrogen and oxygen atoms in total. The Bertz CT molecular complexity index is 881. The van der Waals surface area contributed by atoms with Crippen LogP contribution in [0.3, 0.4) is 0 Å². The third-order valence-corrected chi connectivity index (χ3v) is 4.53. The van der Waals surface area contributed by atoms with Crippen LogP contribution in [0.15, 0.2) is 59.4 Å². The molecule has 0 aliphatic carbocycles. The predicted octanol–water partition coefficient (Wildman–Crippen LogP) is 3.92. The zero-order valence-electron chi connectivity index (χ0n) is 14.5. The SMILES string of the molecule is Cc1cc2ccc(C(CCN(C)C)c3ccccc3)cc2[nH]c1=O. The highest BCUT2D eigenvalue weighted by Gasteiger charge is 2.15. The molecular weight excluding hydrogens is 296 g/mol. The molecule has 0 fully saturated rings. The van der Waals surface area contributed by atoms with Gasteiger partial charge in [-0.1, -0.05) is 42.5 Å². The Kier molecular flexibility index (Phi) is 4.81. The maximum atomic E-state index is 11.9. The molecule has 0 aliphatic heterocycles. The highest BCUT2D eigenvalue weighted by molar-refractivity contribution is 5.79. The van der Waals surface area contributed by atoms with Gasteiger partial charge in [0.25, 0.3) is 5.56 Å². The van der Waals surface area contributed by atoms with E-state index in [1.807, 2.05) is 19.1 Å². The van der Waals surface area contributed by atoms with Crippen LogP contribution in [0.4, 0.5) is 0 Å². The topological polar surface area (TPSA) is 36.1 Å². The molecule has 0 radical (unpaired) electrons. The minimum Gasteiger partial charge on any atom is -0.322 e. The molecular formula is C21H24N2O. The summed E-state index contributed by atoms with van der Waals surface area (Å²) in [5.74, 6) is 0.322. The van der Waals surface area contributed by atoms with Gasteiger partial charge < -0.3 is 9.88 Å². The van der Waals surface area contributed by atoms with Gasteiger partial charge in [-0.05, 0) is 62.6 Å². The van der Waals surface area contributed by atoms with E-state index in [0.29, 0.717) is 5.92 Å². The quantitative estimate of drug-likeness (QED) is 0.773. The zero-order valence-corrected chi connectivity index (χ0v) is 14.5. The van der Waals surface area contributed by atoms with E-state index in [4.69, 9.17) is 0 Å². The van der Waals surface area contributed by atoms with Gasteiger partial charge in [-0.3, -0.25) is 4.79 Å². The third kappa shape index (κ3) is 3.57. The summed E-state index contributed by atoms with van der Waals surface area (Å²) in [6, 6.07) is 19.0. The number of aromatic amines is 1. The van der Waals surface area contributed by atoms with Crippen molar-refractivity contribution in [2.75, 3.05) is 20.6 Å². The predicted molar refractivity (Wildman–Crippen MR) is 101 cm³/mol. The Morgan fingerprint density at radius 1 is 1.00 bits per heavy atom. The minimum atomic E-state index is -0.01000. The lowest BCUT2D eigenvalue weighted by Gasteiger charge is -2.21. The summed E-state index contributed by atoms with van der Waals surface area (Å²) >= 11 is 0. The summed E-state index contributed by atoms with van der Waals surface area (Å²) in [5.41, 5.74) is 4.21. The second-order valence-electron chi connectivity index (χ2n) is 6.68. The monoisotopic (exact) mass is 320 g/mol. The Morgan fingerprint density at radius 2 is 1.75 bits per heavy atom. The Balaban J connectivity index is 2.05. The minimum absolute atomic E-state index is 0.01000. The second-order valence-corrected chi connectivity index (χ2v) is 6.68. The number of benzene rings is 2. The lowest BCUT2D eigenvalue weighted by molar-refractivity contribution is 0.390. The average Bonchev–Trinajstić information content (AvgIpc) is 2.57. The highest BCUT2D eigenvalue weighted by Crippen LogP contribution is 2.29. The van der Waals surface area contributed by atoms with Gasteiger partial charge >= 0.3 is 0 Å². The van der Waals surface area contributed by atoms with Crippen LogP contribution in [0, 0.1) is 6.92 Å². The number of hydrogen-bond acceptors (Lipinski definition) is 2. The lowest BCUT2D eigenvalue weighted by atomic mass is 9.88. The Morgan fingerprint density at radius 3 is 2.46 bits per heavy atom. The van der Waals surface area contributed by atoms with E-state index in [1.54, 1.807) is 0 Å².